The summed E-state index contributed by atoms with van der Waals surface area (Å²) in [6, 6.07) is 12.0. The summed E-state index contributed by atoms with van der Waals surface area (Å²) < 4.78 is 5.49. The van der Waals surface area contributed by atoms with E-state index in [-0.39, 0.29) is 5.57 Å². The number of halogens is 1. The van der Waals surface area contributed by atoms with Crippen LogP contribution in [0, 0.1) is 11.3 Å². The van der Waals surface area contributed by atoms with E-state index >= 15 is 0 Å². The Bertz CT molecular complexity index is 739. The molecule has 0 bridgehead atoms. The van der Waals surface area contributed by atoms with Crippen LogP contribution in [0.1, 0.15) is 5.76 Å². The molecule has 2 aromatic rings. The fourth-order valence-corrected chi connectivity index (χ4v) is 1.81. The minimum atomic E-state index is -0.507. The number of carbonyl (C=O) groups excluding carboxylic acids is 1. The Morgan fingerprint density at radius 1 is 1.27 bits per heavy atom. The zero-order chi connectivity index (χ0) is 16.1. The van der Waals surface area contributed by atoms with Gasteiger partial charge in [-0.05, 0) is 30.3 Å². The highest BCUT2D eigenvalue weighted by atomic mass is 35.5. The third-order valence-corrected chi connectivity index (χ3v) is 3.06. The first kappa shape index (κ1) is 15.7. The van der Waals surface area contributed by atoms with E-state index in [9.17, 15) is 4.79 Å². The molecule has 1 amide bonds. The van der Waals surface area contributed by atoms with Gasteiger partial charge in [0.1, 0.15) is 17.4 Å². The van der Waals surface area contributed by atoms with Crippen LogP contribution in [0.4, 0.5) is 11.6 Å². The highest BCUT2D eigenvalue weighted by molar-refractivity contribution is 6.30. The van der Waals surface area contributed by atoms with E-state index < -0.39 is 5.91 Å². The van der Waals surface area contributed by atoms with Crippen molar-refractivity contribution in [1.29, 1.82) is 5.26 Å². The lowest BCUT2D eigenvalue weighted by Crippen LogP contribution is -2.13. The van der Waals surface area contributed by atoms with E-state index in [4.69, 9.17) is 21.3 Å². The average Bonchev–Trinajstić information content (AvgIpc) is 2.96. The van der Waals surface area contributed by atoms with Gasteiger partial charge >= 0.3 is 0 Å². The van der Waals surface area contributed by atoms with Gasteiger partial charge in [0.15, 0.2) is 5.88 Å². The molecule has 6 heteroatoms. The number of nitrogens with zero attached hydrogens (tertiary/aromatic N) is 2. The van der Waals surface area contributed by atoms with Crippen LogP contribution in [-0.2, 0) is 4.79 Å². The number of anilines is 2. The zero-order valence-electron chi connectivity index (χ0n) is 12.1. The van der Waals surface area contributed by atoms with Gasteiger partial charge < -0.3 is 14.6 Å². The molecule has 0 saturated heterocycles. The van der Waals surface area contributed by atoms with Crippen molar-refractivity contribution in [2.75, 3.05) is 24.3 Å². The molecule has 5 nitrogen and oxygen atoms in total. The van der Waals surface area contributed by atoms with Gasteiger partial charge in [-0.1, -0.05) is 11.6 Å². The second-order valence-corrected chi connectivity index (χ2v) is 5.14. The maximum absolute atomic E-state index is 12.1. The van der Waals surface area contributed by atoms with E-state index in [1.165, 1.54) is 6.08 Å². The van der Waals surface area contributed by atoms with Crippen molar-refractivity contribution in [3.63, 3.8) is 0 Å². The van der Waals surface area contributed by atoms with E-state index in [1.54, 1.807) is 41.3 Å². The molecule has 0 unspecified atom stereocenters. The summed E-state index contributed by atoms with van der Waals surface area (Å²) in [6.45, 7) is 0. The fraction of sp³-hybridized carbons (Fsp3) is 0.125. The Morgan fingerprint density at radius 3 is 2.50 bits per heavy atom. The molecule has 0 aliphatic carbocycles. The van der Waals surface area contributed by atoms with Crippen LogP contribution in [0.15, 0.2) is 46.4 Å². The van der Waals surface area contributed by atoms with Crippen LogP contribution in [-0.4, -0.2) is 20.0 Å². The summed E-state index contributed by atoms with van der Waals surface area (Å²) in [5.74, 6) is 0.570. The topological polar surface area (TPSA) is 69.3 Å². The van der Waals surface area contributed by atoms with Crippen LogP contribution < -0.4 is 10.2 Å². The minimum absolute atomic E-state index is 0.0467. The maximum Gasteiger partial charge on any atom is 0.266 e. The molecule has 1 heterocycles. The van der Waals surface area contributed by atoms with Crippen LogP contribution in [0.5, 0.6) is 0 Å². The van der Waals surface area contributed by atoms with Crippen molar-refractivity contribution in [2.24, 2.45) is 0 Å². The highest BCUT2D eigenvalue weighted by Crippen LogP contribution is 2.19. The van der Waals surface area contributed by atoms with E-state index in [0.717, 1.165) is 0 Å². The second-order valence-electron chi connectivity index (χ2n) is 4.70. The van der Waals surface area contributed by atoms with Crippen LogP contribution >= 0.6 is 11.6 Å². The molecule has 2 rings (SSSR count). The lowest BCUT2D eigenvalue weighted by Gasteiger charge is -2.06. The molecule has 1 N–H and O–H groups in total. The van der Waals surface area contributed by atoms with E-state index in [1.807, 2.05) is 20.2 Å². The quantitative estimate of drug-likeness (QED) is 0.692. The van der Waals surface area contributed by atoms with Crippen LogP contribution in [0.3, 0.4) is 0 Å². The van der Waals surface area contributed by atoms with Crippen molar-refractivity contribution < 1.29 is 9.21 Å². The van der Waals surface area contributed by atoms with Gasteiger partial charge in [0.25, 0.3) is 5.91 Å². The SMILES string of the molecule is CN(C)c1ccc(C=C(C#N)C(=O)Nc2ccc(Cl)cc2)o1. The summed E-state index contributed by atoms with van der Waals surface area (Å²) in [5.41, 5.74) is 0.513. The molecule has 0 aliphatic rings. The molecule has 0 atom stereocenters. The number of nitriles is 1. The monoisotopic (exact) mass is 315 g/mol. The van der Waals surface area contributed by atoms with Gasteiger partial charge in [0.2, 0.25) is 0 Å². The molecular weight excluding hydrogens is 302 g/mol. The summed E-state index contributed by atoms with van der Waals surface area (Å²) in [5, 5.41) is 12.3. The molecule has 0 saturated carbocycles. The third-order valence-electron chi connectivity index (χ3n) is 2.81. The summed E-state index contributed by atoms with van der Waals surface area (Å²) in [7, 11) is 3.68. The number of furan rings is 1. The smallest absolute Gasteiger partial charge is 0.266 e. The first-order chi connectivity index (χ1) is 10.5. The normalized spacial score (nSPS) is 10.9. The van der Waals surface area contributed by atoms with E-state index in [2.05, 4.69) is 5.32 Å². The molecule has 1 aromatic heterocycles. The number of amides is 1. The Kier molecular flexibility index (Phi) is 4.87. The predicted octanol–water partition coefficient (Wildman–Crippen LogP) is 3.54. The molecular formula is C16H14ClN3O2. The van der Waals surface area contributed by atoms with Crippen LogP contribution in [0.25, 0.3) is 6.08 Å². The number of hydrogen-bond acceptors (Lipinski definition) is 4. The number of nitrogens with one attached hydrogen (secondary N) is 1. The summed E-state index contributed by atoms with van der Waals surface area (Å²) in [4.78, 5) is 13.9. The summed E-state index contributed by atoms with van der Waals surface area (Å²) >= 11 is 5.78. The molecule has 0 radical (unpaired) electrons. The van der Waals surface area contributed by atoms with Gasteiger partial charge in [-0.3, -0.25) is 4.79 Å². The molecule has 1 aromatic carbocycles. The Hall–Kier alpha value is -2.71. The third kappa shape index (κ3) is 3.90. The Balaban J connectivity index is 2.16. The fourth-order valence-electron chi connectivity index (χ4n) is 1.68. The molecule has 0 fully saturated rings. The van der Waals surface area contributed by atoms with E-state index in [0.29, 0.717) is 22.4 Å². The Labute approximate surface area is 133 Å². The van der Waals surface area contributed by atoms with Crippen molar-refractivity contribution in [1.82, 2.24) is 0 Å². The van der Waals surface area contributed by atoms with Crippen molar-refractivity contribution in [2.45, 2.75) is 0 Å². The van der Waals surface area contributed by atoms with Gasteiger partial charge in [-0.2, -0.15) is 5.26 Å². The van der Waals surface area contributed by atoms with Gasteiger partial charge in [-0.25, -0.2) is 0 Å². The number of rotatable bonds is 4. The minimum Gasteiger partial charge on any atom is -0.441 e. The Morgan fingerprint density at radius 2 is 1.95 bits per heavy atom. The highest BCUT2D eigenvalue weighted by Gasteiger charge is 2.11. The van der Waals surface area contributed by atoms with Crippen molar-refractivity contribution in [3.8, 4) is 6.07 Å². The predicted molar refractivity (Wildman–Crippen MR) is 86.7 cm³/mol. The second kappa shape index (κ2) is 6.83. The number of carbonyl (C=O) groups is 1. The van der Waals surface area contributed by atoms with Gasteiger partial charge in [-0.15, -0.1) is 0 Å². The van der Waals surface area contributed by atoms with Crippen molar-refractivity contribution >= 4 is 35.2 Å². The van der Waals surface area contributed by atoms with Crippen LogP contribution in [0.2, 0.25) is 5.02 Å². The zero-order valence-corrected chi connectivity index (χ0v) is 12.9. The lowest BCUT2D eigenvalue weighted by atomic mass is 10.2. The standard InChI is InChI=1S/C16H14ClN3O2/c1-20(2)15-8-7-14(22-15)9-11(10-18)16(21)19-13-5-3-12(17)4-6-13/h3-9H,1-2H3,(H,19,21). The first-order valence-corrected chi connectivity index (χ1v) is 6.83. The number of benzene rings is 1. The lowest BCUT2D eigenvalue weighted by molar-refractivity contribution is -0.112. The molecule has 0 aliphatic heterocycles. The number of hydrogen-bond donors (Lipinski definition) is 1. The maximum atomic E-state index is 12.1. The average molecular weight is 316 g/mol. The largest absolute Gasteiger partial charge is 0.441 e. The first-order valence-electron chi connectivity index (χ1n) is 6.45. The van der Waals surface area contributed by atoms with Gasteiger partial charge in [0, 0.05) is 36.9 Å². The summed E-state index contributed by atoms with van der Waals surface area (Å²) in [6.07, 6.45) is 1.40. The van der Waals surface area contributed by atoms with Gasteiger partial charge in [0.05, 0.1) is 0 Å². The van der Waals surface area contributed by atoms with Crippen molar-refractivity contribution in [3.05, 3.63) is 52.8 Å². The molecule has 22 heavy (non-hydrogen) atoms. The molecule has 112 valence electrons. The molecule has 0 spiro atoms.